The van der Waals surface area contributed by atoms with Gasteiger partial charge in [-0.2, -0.15) is 0 Å². The highest BCUT2D eigenvalue weighted by atomic mass is 32.1. The number of hydrogen-bond acceptors (Lipinski definition) is 4. The van der Waals surface area contributed by atoms with E-state index in [-0.39, 0.29) is 5.91 Å². The molecule has 0 fully saturated rings. The second-order valence-electron chi connectivity index (χ2n) is 3.46. The highest BCUT2D eigenvalue weighted by molar-refractivity contribution is 7.13. The molecule has 1 unspecified atom stereocenters. The Hall–Kier alpha value is -0.940. The number of anilines is 1. The second-order valence-corrected chi connectivity index (χ2v) is 4.35. The lowest BCUT2D eigenvalue weighted by atomic mass is 9.97. The molecular formula is C9H15N3OS. The van der Waals surface area contributed by atoms with Crippen LogP contribution in [0.15, 0.2) is 11.6 Å². The predicted octanol–water partition coefficient (Wildman–Crippen LogP) is 1.60. The van der Waals surface area contributed by atoms with Gasteiger partial charge < -0.3 is 11.1 Å². The molecule has 1 heterocycles. The number of carbonyl (C=O) groups excluding carboxylic acids is 1. The van der Waals surface area contributed by atoms with Gasteiger partial charge in [0.2, 0.25) is 5.91 Å². The zero-order valence-electron chi connectivity index (χ0n) is 8.41. The number of thiazole rings is 1. The lowest BCUT2D eigenvalue weighted by Gasteiger charge is -2.21. The molecule has 0 bridgehead atoms. The summed E-state index contributed by atoms with van der Waals surface area (Å²) in [6, 6.07) is 0. The first-order valence-electron chi connectivity index (χ1n) is 4.56. The lowest BCUT2D eigenvalue weighted by molar-refractivity contribution is -0.120. The van der Waals surface area contributed by atoms with Crippen LogP contribution in [0.5, 0.6) is 0 Å². The fourth-order valence-corrected chi connectivity index (χ4v) is 1.68. The van der Waals surface area contributed by atoms with Crippen LogP contribution in [-0.2, 0) is 4.79 Å². The van der Waals surface area contributed by atoms with Crippen LogP contribution in [0, 0.1) is 0 Å². The first-order chi connectivity index (χ1) is 6.56. The number of carbonyl (C=O) groups is 1. The summed E-state index contributed by atoms with van der Waals surface area (Å²) in [7, 11) is 0. The van der Waals surface area contributed by atoms with Gasteiger partial charge in [0.25, 0.3) is 0 Å². The van der Waals surface area contributed by atoms with Crippen molar-refractivity contribution in [1.29, 1.82) is 0 Å². The molecule has 0 aliphatic heterocycles. The number of nitrogens with two attached hydrogens (primary N) is 1. The fraction of sp³-hybridized carbons (Fsp3) is 0.556. The summed E-state index contributed by atoms with van der Waals surface area (Å²) in [6.07, 6.45) is 3.20. The molecule has 14 heavy (non-hydrogen) atoms. The van der Waals surface area contributed by atoms with Crippen molar-refractivity contribution in [3.63, 3.8) is 0 Å². The SMILES string of the molecule is CCCC(C)(N)C(=O)Nc1nccs1. The normalized spacial score (nSPS) is 14.8. The molecule has 0 spiro atoms. The van der Waals surface area contributed by atoms with Crippen LogP contribution < -0.4 is 11.1 Å². The van der Waals surface area contributed by atoms with E-state index < -0.39 is 5.54 Å². The van der Waals surface area contributed by atoms with E-state index in [1.165, 1.54) is 11.3 Å². The van der Waals surface area contributed by atoms with Gasteiger partial charge in [-0.05, 0) is 13.3 Å². The van der Waals surface area contributed by atoms with E-state index in [4.69, 9.17) is 5.73 Å². The van der Waals surface area contributed by atoms with Crippen molar-refractivity contribution >= 4 is 22.4 Å². The van der Waals surface area contributed by atoms with Crippen molar-refractivity contribution < 1.29 is 4.79 Å². The van der Waals surface area contributed by atoms with Crippen molar-refractivity contribution in [1.82, 2.24) is 4.98 Å². The van der Waals surface area contributed by atoms with Gasteiger partial charge in [-0.25, -0.2) is 4.98 Å². The highest BCUT2D eigenvalue weighted by Crippen LogP contribution is 2.15. The minimum atomic E-state index is -0.805. The maximum atomic E-state index is 11.7. The van der Waals surface area contributed by atoms with E-state index >= 15 is 0 Å². The van der Waals surface area contributed by atoms with Crippen LogP contribution in [0.25, 0.3) is 0 Å². The van der Waals surface area contributed by atoms with E-state index in [1.807, 2.05) is 12.3 Å². The maximum absolute atomic E-state index is 11.7. The molecule has 3 N–H and O–H groups in total. The summed E-state index contributed by atoms with van der Waals surface area (Å²) in [4.78, 5) is 15.6. The third-order valence-corrected chi connectivity index (χ3v) is 2.63. The molecule has 0 saturated heterocycles. The number of hydrogen-bond donors (Lipinski definition) is 2. The molecule has 0 saturated carbocycles. The van der Waals surface area contributed by atoms with Crippen molar-refractivity contribution in [3.8, 4) is 0 Å². The Balaban J connectivity index is 2.57. The van der Waals surface area contributed by atoms with Gasteiger partial charge >= 0.3 is 0 Å². The van der Waals surface area contributed by atoms with Gasteiger partial charge in [0.15, 0.2) is 5.13 Å². The average Bonchev–Trinajstić information content (AvgIpc) is 2.56. The zero-order chi connectivity index (χ0) is 10.6. The Morgan fingerprint density at radius 1 is 1.79 bits per heavy atom. The van der Waals surface area contributed by atoms with E-state index in [2.05, 4.69) is 10.3 Å². The second kappa shape index (κ2) is 4.52. The Morgan fingerprint density at radius 2 is 2.50 bits per heavy atom. The summed E-state index contributed by atoms with van der Waals surface area (Å²) >= 11 is 1.39. The third-order valence-electron chi connectivity index (χ3n) is 1.94. The topological polar surface area (TPSA) is 68.0 Å². The van der Waals surface area contributed by atoms with Crippen LogP contribution >= 0.6 is 11.3 Å². The predicted molar refractivity (Wildman–Crippen MR) is 58.2 cm³/mol. The molecule has 1 rings (SSSR count). The average molecular weight is 213 g/mol. The number of amides is 1. The molecule has 5 heteroatoms. The molecule has 78 valence electrons. The number of nitrogens with zero attached hydrogens (tertiary/aromatic N) is 1. The largest absolute Gasteiger partial charge is 0.318 e. The van der Waals surface area contributed by atoms with Crippen LogP contribution in [0.2, 0.25) is 0 Å². The molecule has 0 aliphatic rings. The van der Waals surface area contributed by atoms with Crippen molar-refractivity contribution in [2.75, 3.05) is 5.32 Å². The quantitative estimate of drug-likeness (QED) is 0.798. The molecule has 0 radical (unpaired) electrons. The number of nitrogens with one attached hydrogen (secondary N) is 1. The number of rotatable bonds is 4. The lowest BCUT2D eigenvalue weighted by Crippen LogP contribution is -2.48. The fourth-order valence-electron chi connectivity index (χ4n) is 1.16. The van der Waals surface area contributed by atoms with Crippen LogP contribution in [-0.4, -0.2) is 16.4 Å². The molecule has 1 atom stereocenters. The van der Waals surface area contributed by atoms with Gasteiger partial charge in [0, 0.05) is 11.6 Å². The summed E-state index contributed by atoms with van der Waals surface area (Å²) < 4.78 is 0. The molecule has 1 aromatic heterocycles. The van der Waals surface area contributed by atoms with Crippen LogP contribution in [0.1, 0.15) is 26.7 Å². The minimum Gasteiger partial charge on any atom is -0.318 e. The van der Waals surface area contributed by atoms with E-state index in [0.717, 1.165) is 6.42 Å². The molecule has 1 amide bonds. The van der Waals surface area contributed by atoms with Crippen LogP contribution in [0.3, 0.4) is 0 Å². The van der Waals surface area contributed by atoms with Gasteiger partial charge in [0.05, 0.1) is 5.54 Å². The van der Waals surface area contributed by atoms with E-state index in [0.29, 0.717) is 11.6 Å². The first-order valence-corrected chi connectivity index (χ1v) is 5.44. The smallest absolute Gasteiger partial charge is 0.245 e. The highest BCUT2D eigenvalue weighted by Gasteiger charge is 2.27. The number of aromatic nitrogens is 1. The first kappa shape index (κ1) is 11.1. The van der Waals surface area contributed by atoms with Crippen LogP contribution in [0.4, 0.5) is 5.13 Å². The summed E-state index contributed by atoms with van der Waals surface area (Å²) in [5.74, 6) is -0.172. The summed E-state index contributed by atoms with van der Waals surface area (Å²) in [5, 5.41) is 5.10. The Labute approximate surface area is 87.5 Å². The minimum absolute atomic E-state index is 0.172. The third kappa shape index (κ3) is 2.78. The molecular weight excluding hydrogens is 198 g/mol. The van der Waals surface area contributed by atoms with E-state index in [9.17, 15) is 4.79 Å². The molecule has 0 aliphatic carbocycles. The van der Waals surface area contributed by atoms with Gasteiger partial charge in [0.1, 0.15) is 0 Å². The summed E-state index contributed by atoms with van der Waals surface area (Å²) in [5.41, 5.74) is 5.05. The molecule has 0 aromatic carbocycles. The van der Waals surface area contributed by atoms with Gasteiger partial charge in [-0.15, -0.1) is 11.3 Å². The summed E-state index contributed by atoms with van der Waals surface area (Å²) in [6.45, 7) is 3.74. The maximum Gasteiger partial charge on any atom is 0.245 e. The van der Waals surface area contributed by atoms with Gasteiger partial charge in [-0.1, -0.05) is 13.3 Å². The van der Waals surface area contributed by atoms with Crippen molar-refractivity contribution in [2.24, 2.45) is 5.73 Å². The Kier molecular flexibility index (Phi) is 3.60. The van der Waals surface area contributed by atoms with Crippen molar-refractivity contribution in [3.05, 3.63) is 11.6 Å². The standard InChI is InChI=1S/C9H15N3OS/c1-3-4-9(2,10)7(13)12-8-11-5-6-14-8/h5-6H,3-4,10H2,1-2H3,(H,11,12,13). The Bertz CT molecular complexity index is 295. The van der Waals surface area contributed by atoms with Gasteiger partial charge in [-0.3, -0.25) is 4.79 Å². The van der Waals surface area contributed by atoms with E-state index in [1.54, 1.807) is 13.1 Å². The monoisotopic (exact) mass is 213 g/mol. The molecule has 1 aromatic rings. The van der Waals surface area contributed by atoms with Crippen molar-refractivity contribution in [2.45, 2.75) is 32.2 Å². The molecule has 4 nitrogen and oxygen atoms in total. The Morgan fingerprint density at radius 3 is 3.00 bits per heavy atom. The zero-order valence-corrected chi connectivity index (χ0v) is 9.23.